The Bertz CT molecular complexity index is 648. The summed E-state index contributed by atoms with van der Waals surface area (Å²) in [7, 11) is -4.71. The Balaban J connectivity index is 2.39. The molecule has 0 saturated carbocycles. The van der Waals surface area contributed by atoms with E-state index in [2.05, 4.69) is 20.9 Å². The van der Waals surface area contributed by atoms with Crippen molar-refractivity contribution in [2.24, 2.45) is 0 Å². The maximum absolute atomic E-state index is 13.0. The summed E-state index contributed by atoms with van der Waals surface area (Å²) in [6.45, 7) is 3.45. The molecule has 1 amide bonds. The number of carbonyl (C=O) groups excluding carboxylic acids is 1. The van der Waals surface area contributed by atoms with Crippen LogP contribution in [0.2, 0.25) is 0 Å². The first-order valence-corrected chi connectivity index (χ1v) is 7.81. The average Bonchev–Trinajstić information content (AvgIpc) is 2.68. The van der Waals surface area contributed by atoms with Crippen molar-refractivity contribution in [2.45, 2.75) is 25.5 Å². The van der Waals surface area contributed by atoms with Crippen LogP contribution in [0.3, 0.4) is 0 Å². The zero-order valence-electron chi connectivity index (χ0n) is 10.4. The topological polar surface area (TPSA) is 67.3 Å². The first-order chi connectivity index (χ1) is 8.71. The van der Waals surface area contributed by atoms with Crippen molar-refractivity contribution < 1.29 is 17.1 Å². The minimum atomic E-state index is -4.71. The molecule has 1 atom stereocenters. The Morgan fingerprint density at radius 1 is 1.42 bits per heavy atom. The normalized spacial score (nSPS) is 20.1. The standard InChI is InChI=1S/C11H12BrFN2O3S/c1-6-7(2)11(14-4-9(6)12)15-5-8(3-10(15)16)19(13,17)18/h4,8H,3,5H2,1-2H3. The van der Waals surface area contributed by atoms with E-state index in [1.807, 2.05) is 6.92 Å². The maximum atomic E-state index is 13.0. The van der Waals surface area contributed by atoms with Crippen LogP contribution in [0, 0.1) is 13.8 Å². The summed E-state index contributed by atoms with van der Waals surface area (Å²) >= 11 is 3.33. The maximum Gasteiger partial charge on any atom is 0.307 e. The summed E-state index contributed by atoms with van der Waals surface area (Å²) in [6, 6.07) is 0. The third kappa shape index (κ3) is 2.64. The molecule has 1 aromatic heterocycles. The van der Waals surface area contributed by atoms with Crippen LogP contribution in [0.25, 0.3) is 0 Å². The van der Waals surface area contributed by atoms with Gasteiger partial charge in [0.2, 0.25) is 5.91 Å². The van der Waals surface area contributed by atoms with E-state index in [0.717, 1.165) is 15.6 Å². The van der Waals surface area contributed by atoms with Gasteiger partial charge in [0, 0.05) is 23.6 Å². The van der Waals surface area contributed by atoms with Crippen LogP contribution >= 0.6 is 15.9 Å². The molecule has 0 bridgehead atoms. The molecule has 0 N–H and O–H groups in total. The largest absolute Gasteiger partial charge is 0.307 e. The predicted molar refractivity (Wildman–Crippen MR) is 72.2 cm³/mol. The number of halogens is 2. The summed E-state index contributed by atoms with van der Waals surface area (Å²) in [5.41, 5.74) is 1.67. The van der Waals surface area contributed by atoms with Gasteiger partial charge in [0.05, 0.1) is 0 Å². The van der Waals surface area contributed by atoms with Gasteiger partial charge in [-0.25, -0.2) is 4.98 Å². The SMILES string of the molecule is Cc1c(Br)cnc(N2CC(S(=O)(=O)F)CC2=O)c1C. The Hall–Kier alpha value is -1.02. The fourth-order valence-corrected chi connectivity index (χ4v) is 3.07. The van der Waals surface area contributed by atoms with Crippen molar-refractivity contribution in [3.63, 3.8) is 0 Å². The summed E-state index contributed by atoms with van der Waals surface area (Å²) in [5, 5.41) is -1.30. The molecular weight excluding hydrogens is 339 g/mol. The summed E-state index contributed by atoms with van der Waals surface area (Å²) in [4.78, 5) is 17.2. The lowest BCUT2D eigenvalue weighted by Gasteiger charge is -2.19. The number of hydrogen-bond donors (Lipinski definition) is 0. The fourth-order valence-electron chi connectivity index (χ4n) is 2.00. The fraction of sp³-hybridized carbons (Fsp3) is 0.455. The smallest absolute Gasteiger partial charge is 0.295 e. The number of amides is 1. The van der Waals surface area contributed by atoms with Crippen LogP contribution in [-0.2, 0) is 15.0 Å². The molecule has 1 aliphatic heterocycles. The van der Waals surface area contributed by atoms with E-state index in [4.69, 9.17) is 0 Å². The third-order valence-corrected chi connectivity index (χ3v) is 5.21. The Morgan fingerprint density at radius 3 is 2.58 bits per heavy atom. The van der Waals surface area contributed by atoms with Crippen molar-refractivity contribution in [1.82, 2.24) is 4.98 Å². The molecule has 0 radical (unpaired) electrons. The molecule has 5 nitrogen and oxygen atoms in total. The lowest BCUT2D eigenvalue weighted by molar-refractivity contribution is -0.117. The predicted octanol–water partition coefficient (Wildman–Crippen LogP) is 1.87. The third-order valence-electron chi connectivity index (χ3n) is 3.30. The molecule has 1 unspecified atom stereocenters. The quantitative estimate of drug-likeness (QED) is 0.763. The first-order valence-electron chi connectivity index (χ1n) is 5.57. The highest BCUT2D eigenvalue weighted by Crippen LogP contribution is 2.30. The van der Waals surface area contributed by atoms with E-state index in [0.29, 0.717) is 5.82 Å². The Labute approximate surface area is 119 Å². The molecular formula is C11H12BrFN2O3S. The molecule has 1 fully saturated rings. The van der Waals surface area contributed by atoms with Crippen LogP contribution in [0.15, 0.2) is 10.7 Å². The second-order valence-electron chi connectivity index (χ2n) is 4.49. The number of pyridine rings is 1. The molecule has 104 valence electrons. The average molecular weight is 351 g/mol. The monoisotopic (exact) mass is 350 g/mol. The van der Waals surface area contributed by atoms with Gasteiger partial charge in [-0.2, -0.15) is 8.42 Å². The lowest BCUT2D eigenvalue weighted by atomic mass is 10.1. The number of nitrogens with zero attached hydrogens (tertiary/aromatic N) is 2. The van der Waals surface area contributed by atoms with E-state index in [1.54, 1.807) is 13.1 Å². The second-order valence-corrected chi connectivity index (χ2v) is 6.96. The second kappa shape index (κ2) is 4.82. The number of hydrogen-bond acceptors (Lipinski definition) is 4. The molecule has 1 aromatic rings. The zero-order chi connectivity index (χ0) is 14.4. The van der Waals surface area contributed by atoms with Gasteiger partial charge in [0.1, 0.15) is 11.1 Å². The number of aromatic nitrogens is 1. The molecule has 1 aliphatic rings. The van der Waals surface area contributed by atoms with Gasteiger partial charge in [0.15, 0.2) is 0 Å². The van der Waals surface area contributed by atoms with Gasteiger partial charge in [0.25, 0.3) is 0 Å². The highest BCUT2D eigenvalue weighted by Gasteiger charge is 2.40. The van der Waals surface area contributed by atoms with Crippen LogP contribution in [0.1, 0.15) is 17.5 Å². The van der Waals surface area contributed by atoms with Crippen LogP contribution in [-0.4, -0.2) is 31.1 Å². The molecule has 0 aromatic carbocycles. The number of anilines is 1. The van der Waals surface area contributed by atoms with Crippen LogP contribution in [0.4, 0.5) is 9.70 Å². The minimum Gasteiger partial charge on any atom is -0.295 e. The minimum absolute atomic E-state index is 0.188. The van der Waals surface area contributed by atoms with Gasteiger partial charge < -0.3 is 0 Å². The van der Waals surface area contributed by atoms with Crippen molar-refractivity contribution in [2.75, 3.05) is 11.4 Å². The molecule has 0 spiro atoms. The first kappa shape index (κ1) is 14.4. The Kier molecular flexibility index (Phi) is 3.65. The van der Waals surface area contributed by atoms with Crippen molar-refractivity contribution in [3.8, 4) is 0 Å². The molecule has 2 rings (SSSR count). The molecule has 2 heterocycles. The van der Waals surface area contributed by atoms with Crippen LogP contribution < -0.4 is 4.90 Å². The zero-order valence-corrected chi connectivity index (χ0v) is 12.8. The van der Waals surface area contributed by atoms with Gasteiger partial charge in [-0.1, -0.05) is 0 Å². The van der Waals surface area contributed by atoms with E-state index >= 15 is 0 Å². The summed E-state index contributed by atoms with van der Waals surface area (Å²) in [5.74, 6) is -0.0413. The molecule has 1 saturated heterocycles. The molecule has 19 heavy (non-hydrogen) atoms. The summed E-state index contributed by atoms with van der Waals surface area (Å²) in [6.07, 6.45) is 1.21. The van der Waals surface area contributed by atoms with E-state index in [1.165, 1.54) is 4.90 Å². The van der Waals surface area contributed by atoms with Crippen LogP contribution in [0.5, 0.6) is 0 Å². The van der Waals surface area contributed by atoms with E-state index in [-0.39, 0.29) is 13.0 Å². The Morgan fingerprint density at radius 2 is 2.05 bits per heavy atom. The molecule has 8 heteroatoms. The highest BCUT2D eigenvalue weighted by molar-refractivity contribution is 9.10. The van der Waals surface area contributed by atoms with Gasteiger partial charge >= 0.3 is 10.2 Å². The highest BCUT2D eigenvalue weighted by atomic mass is 79.9. The van der Waals surface area contributed by atoms with Crippen molar-refractivity contribution >= 4 is 37.9 Å². The van der Waals surface area contributed by atoms with Crippen molar-refractivity contribution in [3.05, 3.63) is 21.8 Å². The summed E-state index contributed by atoms with van der Waals surface area (Å²) < 4.78 is 35.5. The van der Waals surface area contributed by atoms with Gasteiger partial charge in [-0.3, -0.25) is 9.69 Å². The molecule has 0 aliphatic carbocycles. The van der Waals surface area contributed by atoms with E-state index in [9.17, 15) is 17.1 Å². The van der Waals surface area contributed by atoms with Gasteiger partial charge in [-0.15, -0.1) is 3.89 Å². The number of carbonyl (C=O) groups is 1. The van der Waals surface area contributed by atoms with Gasteiger partial charge in [-0.05, 0) is 40.9 Å². The van der Waals surface area contributed by atoms with Crippen molar-refractivity contribution in [1.29, 1.82) is 0 Å². The lowest BCUT2D eigenvalue weighted by Crippen LogP contribution is -2.28. The number of rotatable bonds is 2. The van der Waals surface area contributed by atoms with E-state index < -0.39 is 21.4 Å².